The summed E-state index contributed by atoms with van der Waals surface area (Å²) in [4.78, 5) is 30.1. The van der Waals surface area contributed by atoms with E-state index in [4.69, 9.17) is 4.74 Å². The SMILES string of the molecule is O=C(Oc1ccc(/C=c2\sc3nc4ccccc4n3c2=O)cc1)c1ccccc1F. The number of hydrogen-bond donors (Lipinski definition) is 0. The molecule has 0 unspecified atom stereocenters. The Hall–Kier alpha value is -3.84. The normalized spacial score (nSPS) is 12.0. The van der Waals surface area contributed by atoms with Gasteiger partial charge in [0, 0.05) is 0 Å². The van der Waals surface area contributed by atoms with Gasteiger partial charge in [0.05, 0.1) is 21.1 Å². The number of hydrogen-bond acceptors (Lipinski definition) is 5. The van der Waals surface area contributed by atoms with Crippen molar-refractivity contribution in [2.24, 2.45) is 0 Å². The largest absolute Gasteiger partial charge is 0.423 e. The van der Waals surface area contributed by atoms with E-state index in [2.05, 4.69) is 4.98 Å². The third-order valence-electron chi connectivity index (χ3n) is 4.63. The Morgan fingerprint density at radius 3 is 2.53 bits per heavy atom. The summed E-state index contributed by atoms with van der Waals surface area (Å²) in [5.41, 5.74) is 2.08. The molecule has 0 radical (unpaired) electrons. The first-order chi connectivity index (χ1) is 14.6. The quantitative estimate of drug-likeness (QED) is 0.331. The van der Waals surface area contributed by atoms with E-state index < -0.39 is 11.8 Å². The summed E-state index contributed by atoms with van der Waals surface area (Å²) in [6, 6.07) is 19.8. The van der Waals surface area contributed by atoms with Gasteiger partial charge in [-0.3, -0.25) is 4.79 Å². The van der Waals surface area contributed by atoms with Crippen LogP contribution < -0.4 is 14.8 Å². The van der Waals surface area contributed by atoms with E-state index in [0.717, 1.165) is 16.6 Å². The lowest BCUT2D eigenvalue weighted by Crippen LogP contribution is -2.22. The lowest BCUT2D eigenvalue weighted by molar-refractivity contribution is 0.0730. The van der Waals surface area contributed by atoms with Crippen molar-refractivity contribution in [1.29, 1.82) is 0 Å². The van der Waals surface area contributed by atoms with Gasteiger partial charge in [0.2, 0.25) is 0 Å². The van der Waals surface area contributed by atoms with Crippen LogP contribution in [-0.4, -0.2) is 15.4 Å². The van der Waals surface area contributed by atoms with E-state index in [9.17, 15) is 14.0 Å². The number of ether oxygens (including phenoxy) is 1. The van der Waals surface area contributed by atoms with E-state index in [1.165, 1.54) is 29.5 Å². The number of rotatable bonds is 3. The minimum atomic E-state index is -0.766. The van der Waals surface area contributed by atoms with Crippen molar-refractivity contribution in [2.75, 3.05) is 0 Å². The second-order valence-corrected chi connectivity index (χ2v) is 7.58. The molecule has 7 heteroatoms. The van der Waals surface area contributed by atoms with Crippen LogP contribution in [0.3, 0.4) is 0 Å². The Bertz CT molecular complexity index is 1520. The van der Waals surface area contributed by atoms with Crippen molar-refractivity contribution in [3.63, 3.8) is 0 Å². The number of carbonyl (C=O) groups excluding carboxylic acids is 1. The molecule has 5 nitrogen and oxygen atoms in total. The van der Waals surface area contributed by atoms with Crippen LogP contribution in [0.1, 0.15) is 15.9 Å². The van der Waals surface area contributed by atoms with E-state index in [1.807, 2.05) is 24.3 Å². The molecule has 0 aliphatic rings. The number of aromatic nitrogens is 2. The smallest absolute Gasteiger partial charge is 0.346 e. The number of nitrogens with zero attached hydrogens (tertiary/aromatic N) is 2. The average Bonchev–Trinajstić information content (AvgIpc) is 3.26. The molecule has 5 rings (SSSR count). The van der Waals surface area contributed by atoms with E-state index in [1.54, 1.807) is 40.8 Å². The summed E-state index contributed by atoms with van der Waals surface area (Å²) in [6.07, 6.45) is 1.76. The Morgan fingerprint density at radius 2 is 1.73 bits per heavy atom. The van der Waals surface area contributed by atoms with Crippen LogP contribution in [0.4, 0.5) is 4.39 Å². The summed E-state index contributed by atoms with van der Waals surface area (Å²) in [5, 5.41) is 0. The maximum absolute atomic E-state index is 13.7. The van der Waals surface area contributed by atoms with Gasteiger partial charge in [0.1, 0.15) is 11.6 Å². The van der Waals surface area contributed by atoms with Gasteiger partial charge >= 0.3 is 5.97 Å². The maximum Gasteiger partial charge on any atom is 0.346 e. The highest BCUT2D eigenvalue weighted by Crippen LogP contribution is 2.18. The highest BCUT2D eigenvalue weighted by Gasteiger charge is 2.13. The molecule has 0 amide bonds. The zero-order valence-electron chi connectivity index (χ0n) is 15.4. The van der Waals surface area contributed by atoms with Crippen molar-refractivity contribution in [3.8, 4) is 5.75 Å². The molecular formula is C23H13FN2O3S. The molecule has 0 saturated carbocycles. The predicted molar refractivity (Wildman–Crippen MR) is 113 cm³/mol. The lowest BCUT2D eigenvalue weighted by atomic mass is 10.2. The molecule has 0 spiro atoms. The summed E-state index contributed by atoms with van der Waals surface area (Å²) >= 11 is 1.31. The fraction of sp³-hybridized carbons (Fsp3) is 0. The molecule has 0 aliphatic carbocycles. The van der Waals surface area contributed by atoms with Crippen LogP contribution >= 0.6 is 11.3 Å². The first-order valence-electron chi connectivity index (χ1n) is 9.09. The van der Waals surface area contributed by atoms with Gasteiger partial charge in [0.25, 0.3) is 5.56 Å². The van der Waals surface area contributed by atoms with Crippen LogP contribution in [0.25, 0.3) is 22.1 Å². The minimum Gasteiger partial charge on any atom is -0.423 e. The number of halogens is 1. The van der Waals surface area contributed by atoms with Crippen LogP contribution in [0, 0.1) is 5.82 Å². The van der Waals surface area contributed by atoms with Crippen molar-refractivity contribution >= 4 is 39.4 Å². The number of esters is 1. The van der Waals surface area contributed by atoms with E-state index in [-0.39, 0.29) is 16.9 Å². The van der Waals surface area contributed by atoms with Gasteiger partial charge in [-0.05, 0) is 48.0 Å². The topological polar surface area (TPSA) is 60.7 Å². The summed E-state index contributed by atoms with van der Waals surface area (Å²) in [7, 11) is 0. The fourth-order valence-electron chi connectivity index (χ4n) is 3.18. The second kappa shape index (κ2) is 7.20. The molecule has 3 aromatic carbocycles. The Kier molecular flexibility index (Phi) is 4.37. The first kappa shape index (κ1) is 18.2. The van der Waals surface area contributed by atoms with Crippen LogP contribution in [0.5, 0.6) is 5.75 Å². The number of thiazole rings is 1. The zero-order valence-corrected chi connectivity index (χ0v) is 16.2. The number of carbonyl (C=O) groups is 1. The lowest BCUT2D eigenvalue weighted by Gasteiger charge is -2.05. The van der Waals surface area contributed by atoms with Gasteiger partial charge in [-0.25, -0.2) is 18.6 Å². The molecule has 0 aliphatic heterocycles. The maximum atomic E-state index is 13.7. The third-order valence-corrected chi connectivity index (χ3v) is 5.60. The van der Waals surface area contributed by atoms with Crippen molar-refractivity contribution in [3.05, 3.63) is 105 Å². The van der Waals surface area contributed by atoms with Crippen LogP contribution in [0.15, 0.2) is 77.6 Å². The second-order valence-electron chi connectivity index (χ2n) is 6.57. The number of benzene rings is 3. The summed E-state index contributed by atoms with van der Waals surface area (Å²) in [6.45, 7) is 0. The van der Waals surface area contributed by atoms with Gasteiger partial charge in [-0.2, -0.15) is 0 Å². The molecule has 146 valence electrons. The molecule has 30 heavy (non-hydrogen) atoms. The molecular weight excluding hydrogens is 403 g/mol. The highest BCUT2D eigenvalue weighted by molar-refractivity contribution is 7.15. The van der Waals surface area contributed by atoms with Crippen molar-refractivity contribution < 1.29 is 13.9 Å². The fourth-order valence-corrected chi connectivity index (χ4v) is 4.17. The molecule has 0 atom stereocenters. The summed E-state index contributed by atoms with van der Waals surface area (Å²) < 4.78 is 21.1. The molecule has 2 aromatic heterocycles. The average molecular weight is 416 g/mol. The van der Waals surface area contributed by atoms with Crippen molar-refractivity contribution in [1.82, 2.24) is 9.38 Å². The van der Waals surface area contributed by atoms with E-state index in [0.29, 0.717) is 9.49 Å². The standard InChI is InChI=1S/C23H13FN2O3S/c24-17-6-2-1-5-16(17)22(28)29-15-11-9-14(10-12-15)13-20-21(27)26-19-8-4-3-7-18(19)25-23(26)30-20/h1-13H/b20-13-. The molecule has 0 saturated heterocycles. The van der Waals surface area contributed by atoms with Gasteiger partial charge < -0.3 is 4.74 Å². The zero-order chi connectivity index (χ0) is 20.7. The molecule has 5 aromatic rings. The monoisotopic (exact) mass is 416 g/mol. The Labute approximate surface area is 173 Å². The van der Waals surface area contributed by atoms with Gasteiger partial charge in [-0.15, -0.1) is 0 Å². The van der Waals surface area contributed by atoms with Gasteiger partial charge in [0.15, 0.2) is 4.96 Å². The Balaban J connectivity index is 1.44. The third kappa shape index (κ3) is 3.15. The van der Waals surface area contributed by atoms with Crippen molar-refractivity contribution in [2.45, 2.75) is 0 Å². The van der Waals surface area contributed by atoms with Crippen LogP contribution in [0.2, 0.25) is 0 Å². The highest BCUT2D eigenvalue weighted by atomic mass is 32.1. The van der Waals surface area contributed by atoms with E-state index >= 15 is 0 Å². The van der Waals surface area contributed by atoms with Crippen LogP contribution in [-0.2, 0) is 0 Å². The number of imidazole rings is 1. The number of fused-ring (bicyclic) bond motifs is 3. The summed E-state index contributed by atoms with van der Waals surface area (Å²) in [5.74, 6) is -1.11. The first-order valence-corrected chi connectivity index (χ1v) is 9.90. The molecule has 0 bridgehead atoms. The molecule has 2 heterocycles. The van der Waals surface area contributed by atoms with Gasteiger partial charge in [-0.1, -0.05) is 47.7 Å². The molecule has 0 fully saturated rings. The Morgan fingerprint density at radius 1 is 1.00 bits per heavy atom. The predicted octanol–water partition coefficient (Wildman–Crippen LogP) is 3.82. The number of para-hydroxylation sites is 2. The minimum absolute atomic E-state index is 0.126. The molecule has 0 N–H and O–H groups in total.